The largest absolute Gasteiger partial charge is 0.0654 e. The molecule has 1 fully saturated rings. The first-order chi connectivity index (χ1) is 7.09. The van der Waals surface area contributed by atoms with E-state index in [9.17, 15) is 0 Å². The zero-order valence-corrected chi connectivity index (χ0v) is 11.3. The summed E-state index contributed by atoms with van der Waals surface area (Å²) < 4.78 is 0. The van der Waals surface area contributed by atoms with Crippen molar-refractivity contribution in [1.29, 1.82) is 0 Å². The number of hydrogen-bond acceptors (Lipinski definition) is 0. The number of hydrogen-bond donors (Lipinski definition) is 0. The van der Waals surface area contributed by atoms with Crippen molar-refractivity contribution in [2.45, 2.75) is 79.1 Å². The van der Waals surface area contributed by atoms with Crippen LogP contribution in [0.4, 0.5) is 0 Å². The van der Waals surface area contributed by atoms with Crippen LogP contribution in [0.3, 0.4) is 0 Å². The summed E-state index contributed by atoms with van der Waals surface area (Å²) in [6.07, 6.45) is 11.6. The molecule has 2 unspecified atom stereocenters. The van der Waals surface area contributed by atoms with Crippen LogP contribution < -0.4 is 0 Å². The molecule has 0 amide bonds. The topological polar surface area (TPSA) is 0 Å². The van der Waals surface area contributed by atoms with Crippen LogP contribution >= 0.6 is 0 Å². The normalized spacial score (nSPS) is 22.4. The second-order valence-electron chi connectivity index (χ2n) is 6.27. The van der Waals surface area contributed by atoms with Gasteiger partial charge >= 0.3 is 0 Å². The summed E-state index contributed by atoms with van der Waals surface area (Å²) >= 11 is 0. The molecule has 0 heterocycles. The minimum Gasteiger partial charge on any atom is -0.0654 e. The molecule has 1 rings (SSSR count). The van der Waals surface area contributed by atoms with Gasteiger partial charge in [0, 0.05) is 0 Å². The Kier molecular flexibility index (Phi) is 5.15. The fourth-order valence-corrected chi connectivity index (χ4v) is 2.65. The second-order valence-corrected chi connectivity index (χ2v) is 6.27. The number of unbranched alkanes of at least 4 members (excludes halogenated alkanes) is 1. The van der Waals surface area contributed by atoms with E-state index in [1.807, 2.05) is 0 Å². The SMILES string of the molecule is CCCCC(CC(C)CC)CC1(C)CC1. The first-order valence-corrected chi connectivity index (χ1v) is 7.09. The highest BCUT2D eigenvalue weighted by atomic mass is 14.4. The molecule has 0 saturated heterocycles. The lowest BCUT2D eigenvalue weighted by atomic mass is 9.83. The third-order valence-electron chi connectivity index (χ3n) is 4.28. The summed E-state index contributed by atoms with van der Waals surface area (Å²) in [4.78, 5) is 0. The molecule has 1 aliphatic carbocycles. The molecular weight excluding hydrogens is 180 g/mol. The van der Waals surface area contributed by atoms with Crippen LogP contribution in [0.1, 0.15) is 79.1 Å². The molecule has 0 radical (unpaired) electrons. The summed E-state index contributed by atoms with van der Waals surface area (Å²) in [5.74, 6) is 1.96. The van der Waals surface area contributed by atoms with Crippen LogP contribution in [-0.4, -0.2) is 0 Å². The van der Waals surface area contributed by atoms with E-state index >= 15 is 0 Å². The van der Waals surface area contributed by atoms with Gasteiger partial charge in [-0.05, 0) is 42.9 Å². The monoisotopic (exact) mass is 210 g/mol. The van der Waals surface area contributed by atoms with Crippen LogP contribution in [0.25, 0.3) is 0 Å². The smallest absolute Gasteiger partial charge is 0.0323 e. The van der Waals surface area contributed by atoms with E-state index in [0.717, 1.165) is 17.3 Å². The predicted molar refractivity (Wildman–Crippen MR) is 69.0 cm³/mol. The maximum absolute atomic E-state index is 2.49. The maximum atomic E-state index is 2.49. The quantitative estimate of drug-likeness (QED) is 0.502. The Morgan fingerprint density at radius 1 is 1.20 bits per heavy atom. The zero-order valence-electron chi connectivity index (χ0n) is 11.3. The van der Waals surface area contributed by atoms with E-state index in [2.05, 4.69) is 27.7 Å². The molecular formula is C15H30. The first-order valence-electron chi connectivity index (χ1n) is 7.09. The van der Waals surface area contributed by atoms with E-state index in [-0.39, 0.29) is 0 Å². The lowest BCUT2D eigenvalue weighted by Gasteiger charge is -2.23. The van der Waals surface area contributed by atoms with E-state index in [4.69, 9.17) is 0 Å². The van der Waals surface area contributed by atoms with Gasteiger partial charge < -0.3 is 0 Å². The Bertz CT molecular complexity index is 167. The molecule has 0 aromatic heterocycles. The molecule has 0 aromatic rings. The van der Waals surface area contributed by atoms with Gasteiger partial charge in [-0.1, -0.05) is 53.4 Å². The molecule has 90 valence electrons. The van der Waals surface area contributed by atoms with E-state index in [1.54, 1.807) is 0 Å². The zero-order chi connectivity index (χ0) is 11.3. The predicted octanol–water partition coefficient (Wildman–Crippen LogP) is 5.42. The Balaban J connectivity index is 2.30. The lowest BCUT2D eigenvalue weighted by molar-refractivity contribution is 0.287. The maximum Gasteiger partial charge on any atom is -0.0323 e. The highest BCUT2D eigenvalue weighted by Crippen LogP contribution is 2.51. The van der Waals surface area contributed by atoms with Crippen molar-refractivity contribution in [3.8, 4) is 0 Å². The summed E-state index contributed by atoms with van der Waals surface area (Å²) in [5.41, 5.74) is 0.756. The van der Waals surface area contributed by atoms with Crippen LogP contribution in [0, 0.1) is 17.3 Å². The van der Waals surface area contributed by atoms with E-state index in [0.29, 0.717) is 0 Å². The highest BCUT2D eigenvalue weighted by Gasteiger charge is 2.38. The van der Waals surface area contributed by atoms with Gasteiger partial charge in [0.05, 0.1) is 0 Å². The average Bonchev–Trinajstić information content (AvgIpc) is 2.92. The highest BCUT2D eigenvalue weighted by molar-refractivity contribution is 4.90. The van der Waals surface area contributed by atoms with Crippen LogP contribution in [-0.2, 0) is 0 Å². The molecule has 0 aliphatic heterocycles. The van der Waals surface area contributed by atoms with Crippen molar-refractivity contribution in [3.63, 3.8) is 0 Å². The molecule has 1 saturated carbocycles. The van der Waals surface area contributed by atoms with Gasteiger partial charge in [-0.25, -0.2) is 0 Å². The van der Waals surface area contributed by atoms with Gasteiger partial charge in [0.15, 0.2) is 0 Å². The van der Waals surface area contributed by atoms with Gasteiger partial charge in [0.2, 0.25) is 0 Å². The van der Waals surface area contributed by atoms with E-state index in [1.165, 1.54) is 51.4 Å². The second kappa shape index (κ2) is 5.92. The Hall–Kier alpha value is 0. The lowest BCUT2D eigenvalue weighted by Crippen LogP contribution is -2.11. The van der Waals surface area contributed by atoms with Crippen LogP contribution in [0.5, 0.6) is 0 Å². The summed E-state index contributed by atoms with van der Waals surface area (Å²) in [6.45, 7) is 9.57. The molecule has 0 nitrogen and oxygen atoms in total. The molecule has 1 aliphatic rings. The first kappa shape index (κ1) is 13.1. The van der Waals surface area contributed by atoms with Gasteiger partial charge in [0.25, 0.3) is 0 Å². The molecule has 0 heteroatoms. The molecule has 0 aromatic carbocycles. The third-order valence-corrected chi connectivity index (χ3v) is 4.28. The van der Waals surface area contributed by atoms with Crippen molar-refractivity contribution < 1.29 is 0 Å². The third kappa shape index (κ3) is 5.04. The van der Waals surface area contributed by atoms with Crippen molar-refractivity contribution in [1.82, 2.24) is 0 Å². The molecule has 0 spiro atoms. The van der Waals surface area contributed by atoms with Gasteiger partial charge in [-0.15, -0.1) is 0 Å². The van der Waals surface area contributed by atoms with Crippen LogP contribution in [0.2, 0.25) is 0 Å². The van der Waals surface area contributed by atoms with Crippen LogP contribution in [0.15, 0.2) is 0 Å². The standard InChI is InChI=1S/C15H30/c1-5-7-8-14(11-13(3)6-2)12-15(4)9-10-15/h13-14H,5-12H2,1-4H3. The van der Waals surface area contributed by atoms with Gasteiger partial charge in [0.1, 0.15) is 0 Å². The van der Waals surface area contributed by atoms with Crippen molar-refractivity contribution in [2.75, 3.05) is 0 Å². The fraction of sp³-hybridized carbons (Fsp3) is 1.00. The molecule has 15 heavy (non-hydrogen) atoms. The average molecular weight is 210 g/mol. The summed E-state index contributed by atoms with van der Waals surface area (Å²) in [5, 5.41) is 0. The van der Waals surface area contributed by atoms with Crippen molar-refractivity contribution in [3.05, 3.63) is 0 Å². The molecule has 2 atom stereocenters. The number of rotatable bonds is 8. The molecule has 0 bridgehead atoms. The Morgan fingerprint density at radius 3 is 2.33 bits per heavy atom. The summed E-state index contributed by atoms with van der Waals surface area (Å²) in [7, 11) is 0. The van der Waals surface area contributed by atoms with Crippen molar-refractivity contribution in [2.24, 2.45) is 17.3 Å². The molecule has 0 N–H and O–H groups in total. The fourth-order valence-electron chi connectivity index (χ4n) is 2.65. The minimum atomic E-state index is 0.756. The Morgan fingerprint density at radius 2 is 1.87 bits per heavy atom. The van der Waals surface area contributed by atoms with Gasteiger partial charge in [-0.3, -0.25) is 0 Å². The van der Waals surface area contributed by atoms with Gasteiger partial charge in [-0.2, -0.15) is 0 Å². The van der Waals surface area contributed by atoms with E-state index < -0.39 is 0 Å². The summed E-state index contributed by atoms with van der Waals surface area (Å²) in [6, 6.07) is 0. The minimum absolute atomic E-state index is 0.756. The van der Waals surface area contributed by atoms with Crippen molar-refractivity contribution >= 4 is 0 Å². The Labute approximate surface area is 96.8 Å².